The van der Waals surface area contributed by atoms with Crippen molar-refractivity contribution >= 4 is 29.1 Å². The van der Waals surface area contributed by atoms with Gasteiger partial charge in [0, 0.05) is 13.2 Å². The number of aromatic nitrogens is 4. The number of nitrogens with zero attached hydrogens (tertiary/aromatic N) is 4. The highest BCUT2D eigenvalue weighted by Crippen LogP contribution is 2.17. The first-order chi connectivity index (χ1) is 7.15. The largest absolute Gasteiger partial charge is 0.382 e. The van der Waals surface area contributed by atoms with Crippen LogP contribution in [0.2, 0.25) is 5.02 Å². The minimum atomic E-state index is 0.248. The lowest BCUT2D eigenvalue weighted by atomic mass is 10.5. The lowest BCUT2D eigenvalue weighted by Gasteiger charge is -2.02. The van der Waals surface area contributed by atoms with E-state index in [1.165, 1.54) is 6.20 Å². The van der Waals surface area contributed by atoms with Crippen LogP contribution in [0, 0.1) is 0 Å². The summed E-state index contributed by atoms with van der Waals surface area (Å²) in [4.78, 5) is 7.94. The van der Waals surface area contributed by atoms with Gasteiger partial charge >= 0.3 is 0 Å². The molecule has 78 valence electrons. The van der Waals surface area contributed by atoms with Gasteiger partial charge in [-0.2, -0.15) is 10.1 Å². The van der Waals surface area contributed by atoms with E-state index in [0.29, 0.717) is 11.0 Å². The lowest BCUT2D eigenvalue weighted by Crippen LogP contribution is -1.99. The van der Waals surface area contributed by atoms with E-state index in [0.717, 1.165) is 5.69 Å². The fourth-order valence-electron chi connectivity index (χ4n) is 1.06. The standard InChI is InChI=1S/C8H9ClN6/c1-15-4-5(2-12-15)13-8-11-3-6(9)7(10)14-8/h2-4H,1H3,(H3,10,11,13,14). The van der Waals surface area contributed by atoms with E-state index < -0.39 is 0 Å². The highest BCUT2D eigenvalue weighted by Gasteiger charge is 2.02. The third kappa shape index (κ3) is 2.16. The molecule has 0 aromatic carbocycles. The van der Waals surface area contributed by atoms with Crippen molar-refractivity contribution in [1.29, 1.82) is 0 Å². The molecule has 0 radical (unpaired) electrons. The van der Waals surface area contributed by atoms with Gasteiger partial charge in [0.05, 0.1) is 18.1 Å². The number of rotatable bonds is 2. The average molecular weight is 225 g/mol. The minimum Gasteiger partial charge on any atom is -0.382 e. The monoisotopic (exact) mass is 224 g/mol. The van der Waals surface area contributed by atoms with Gasteiger partial charge in [-0.25, -0.2) is 4.98 Å². The molecule has 0 aliphatic heterocycles. The van der Waals surface area contributed by atoms with E-state index >= 15 is 0 Å². The molecule has 0 fully saturated rings. The van der Waals surface area contributed by atoms with E-state index in [1.54, 1.807) is 17.1 Å². The number of nitrogens with two attached hydrogens (primary N) is 1. The van der Waals surface area contributed by atoms with Gasteiger partial charge in [0.1, 0.15) is 10.8 Å². The first-order valence-electron chi connectivity index (χ1n) is 4.19. The second-order valence-corrected chi connectivity index (χ2v) is 3.36. The molecule has 6 nitrogen and oxygen atoms in total. The molecule has 7 heteroatoms. The van der Waals surface area contributed by atoms with Gasteiger partial charge in [-0.15, -0.1) is 0 Å². The normalized spacial score (nSPS) is 10.3. The summed E-state index contributed by atoms with van der Waals surface area (Å²) in [5.41, 5.74) is 6.33. The molecule has 2 aromatic rings. The fraction of sp³-hybridized carbons (Fsp3) is 0.125. The molecule has 0 saturated carbocycles. The predicted octanol–water partition coefficient (Wildman–Crippen LogP) is 1.19. The van der Waals surface area contributed by atoms with Crippen LogP contribution >= 0.6 is 11.6 Å². The van der Waals surface area contributed by atoms with Crippen LogP contribution in [-0.4, -0.2) is 19.7 Å². The summed E-state index contributed by atoms with van der Waals surface area (Å²) < 4.78 is 1.67. The topological polar surface area (TPSA) is 81.7 Å². The molecule has 0 aliphatic carbocycles. The van der Waals surface area contributed by atoms with Crippen LogP contribution in [0.4, 0.5) is 17.5 Å². The number of nitrogen functional groups attached to an aromatic ring is 1. The summed E-state index contributed by atoms with van der Waals surface area (Å²) in [6.45, 7) is 0. The third-order valence-corrected chi connectivity index (χ3v) is 2.02. The van der Waals surface area contributed by atoms with Gasteiger partial charge in [-0.1, -0.05) is 11.6 Å². The van der Waals surface area contributed by atoms with Crippen LogP contribution in [0.25, 0.3) is 0 Å². The molecule has 15 heavy (non-hydrogen) atoms. The zero-order valence-corrected chi connectivity index (χ0v) is 8.73. The Kier molecular flexibility index (Phi) is 2.42. The Morgan fingerprint density at radius 3 is 2.87 bits per heavy atom. The van der Waals surface area contributed by atoms with E-state index in [9.17, 15) is 0 Å². The average Bonchev–Trinajstić information content (AvgIpc) is 2.58. The van der Waals surface area contributed by atoms with Crippen LogP contribution in [0.5, 0.6) is 0 Å². The third-order valence-electron chi connectivity index (χ3n) is 1.73. The number of anilines is 3. The van der Waals surface area contributed by atoms with Crippen molar-refractivity contribution in [2.24, 2.45) is 7.05 Å². The van der Waals surface area contributed by atoms with E-state index in [-0.39, 0.29) is 5.82 Å². The highest BCUT2D eigenvalue weighted by molar-refractivity contribution is 6.32. The molecular weight excluding hydrogens is 216 g/mol. The number of hydrogen-bond donors (Lipinski definition) is 2. The van der Waals surface area contributed by atoms with Crippen LogP contribution in [-0.2, 0) is 7.05 Å². The van der Waals surface area contributed by atoms with Gasteiger partial charge < -0.3 is 11.1 Å². The van der Waals surface area contributed by atoms with Gasteiger partial charge in [0.15, 0.2) is 0 Å². The Bertz CT molecular complexity index is 480. The number of hydrogen-bond acceptors (Lipinski definition) is 5. The van der Waals surface area contributed by atoms with Crippen LogP contribution in [0.15, 0.2) is 18.6 Å². The summed E-state index contributed by atoms with van der Waals surface area (Å²) in [6, 6.07) is 0. The molecular formula is C8H9ClN6. The molecule has 2 rings (SSSR count). The van der Waals surface area contributed by atoms with Crippen molar-refractivity contribution < 1.29 is 0 Å². The fourth-order valence-corrected chi connectivity index (χ4v) is 1.15. The summed E-state index contributed by atoms with van der Waals surface area (Å²) in [5, 5.41) is 7.28. The van der Waals surface area contributed by atoms with Crippen molar-refractivity contribution in [3.8, 4) is 0 Å². The zero-order chi connectivity index (χ0) is 10.8. The second-order valence-electron chi connectivity index (χ2n) is 2.95. The highest BCUT2D eigenvalue weighted by atomic mass is 35.5. The van der Waals surface area contributed by atoms with Crippen molar-refractivity contribution in [3.63, 3.8) is 0 Å². The number of nitrogens with one attached hydrogen (secondary N) is 1. The van der Waals surface area contributed by atoms with Crippen molar-refractivity contribution in [2.45, 2.75) is 0 Å². The Morgan fingerprint density at radius 1 is 1.47 bits per heavy atom. The molecule has 0 atom stereocenters. The SMILES string of the molecule is Cn1cc(Nc2ncc(Cl)c(N)n2)cn1. The molecule has 3 N–H and O–H groups in total. The van der Waals surface area contributed by atoms with Gasteiger partial charge in [-0.05, 0) is 0 Å². The van der Waals surface area contributed by atoms with Crippen molar-refractivity contribution in [3.05, 3.63) is 23.6 Å². The first kappa shape index (κ1) is 9.72. The Morgan fingerprint density at radius 2 is 2.27 bits per heavy atom. The van der Waals surface area contributed by atoms with Gasteiger partial charge in [-0.3, -0.25) is 4.68 Å². The van der Waals surface area contributed by atoms with Crippen LogP contribution in [0.3, 0.4) is 0 Å². The molecule has 0 amide bonds. The molecule has 2 aromatic heterocycles. The van der Waals surface area contributed by atoms with Crippen LogP contribution < -0.4 is 11.1 Å². The first-order valence-corrected chi connectivity index (χ1v) is 4.56. The summed E-state index contributed by atoms with van der Waals surface area (Å²) in [7, 11) is 1.82. The molecule has 2 heterocycles. The Balaban J connectivity index is 2.21. The molecule has 0 aliphatic rings. The van der Waals surface area contributed by atoms with E-state index in [2.05, 4.69) is 20.4 Å². The molecule has 0 unspecified atom stereocenters. The van der Waals surface area contributed by atoms with Gasteiger partial charge in [0.25, 0.3) is 0 Å². The molecule has 0 spiro atoms. The van der Waals surface area contributed by atoms with Gasteiger partial charge in [0.2, 0.25) is 5.95 Å². The van der Waals surface area contributed by atoms with Crippen molar-refractivity contribution in [2.75, 3.05) is 11.1 Å². The Labute approximate surface area is 91.1 Å². The van der Waals surface area contributed by atoms with Crippen LogP contribution in [0.1, 0.15) is 0 Å². The van der Waals surface area contributed by atoms with E-state index in [4.69, 9.17) is 17.3 Å². The smallest absolute Gasteiger partial charge is 0.229 e. The Hall–Kier alpha value is -1.82. The maximum absolute atomic E-state index is 5.69. The van der Waals surface area contributed by atoms with Crippen molar-refractivity contribution in [1.82, 2.24) is 19.7 Å². The molecule has 0 saturated heterocycles. The zero-order valence-electron chi connectivity index (χ0n) is 7.98. The number of aryl methyl sites for hydroxylation is 1. The summed E-state index contributed by atoms with van der Waals surface area (Å²) >= 11 is 5.69. The summed E-state index contributed by atoms with van der Waals surface area (Å²) in [5.74, 6) is 0.642. The second kappa shape index (κ2) is 3.74. The maximum atomic E-state index is 5.69. The summed E-state index contributed by atoms with van der Waals surface area (Å²) in [6.07, 6.45) is 4.91. The number of halogens is 1. The lowest BCUT2D eigenvalue weighted by molar-refractivity contribution is 0.768. The van der Waals surface area contributed by atoms with E-state index in [1.807, 2.05) is 7.05 Å². The quantitative estimate of drug-likeness (QED) is 0.801. The molecule has 0 bridgehead atoms. The maximum Gasteiger partial charge on any atom is 0.229 e. The predicted molar refractivity (Wildman–Crippen MR) is 57.9 cm³/mol. The minimum absolute atomic E-state index is 0.248.